The summed E-state index contributed by atoms with van der Waals surface area (Å²) in [5.74, 6) is 5.21. The third-order valence-corrected chi connectivity index (χ3v) is 3.37. The molecule has 0 radical (unpaired) electrons. The van der Waals surface area contributed by atoms with E-state index in [2.05, 4.69) is 36.1 Å². The number of H-pyrrole nitrogens is 1. The minimum Gasteiger partial charge on any atom is -0.329 e. The van der Waals surface area contributed by atoms with Gasteiger partial charge >= 0.3 is 0 Å². The van der Waals surface area contributed by atoms with Crippen molar-refractivity contribution in [1.29, 1.82) is 0 Å². The van der Waals surface area contributed by atoms with Gasteiger partial charge in [-0.15, -0.1) is 0 Å². The third-order valence-electron chi connectivity index (χ3n) is 2.23. The molecule has 0 spiro atoms. The predicted octanol–water partition coefficient (Wildman–Crippen LogP) is 1.62. The molecule has 1 aromatic carbocycles. The fourth-order valence-electron chi connectivity index (χ4n) is 1.32. The number of aryl methyl sites for hydroxylation is 2. The van der Waals surface area contributed by atoms with E-state index >= 15 is 0 Å². The molecule has 0 aliphatic heterocycles. The summed E-state index contributed by atoms with van der Waals surface area (Å²) in [4.78, 5) is 3.91. The largest absolute Gasteiger partial charge is 0.329 e. The molecule has 4 heteroatoms. The first-order valence-electron chi connectivity index (χ1n) is 4.05. The SMILES string of the molecule is Cc1ccc2[nH]/c(=N\N)sc2c1C. The monoisotopic (exact) mass is 193 g/mol. The highest BCUT2D eigenvalue weighted by molar-refractivity contribution is 7.16. The number of aromatic amines is 1. The van der Waals surface area contributed by atoms with Gasteiger partial charge in [-0.3, -0.25) is 0 Å². The Kier molecular flexibility index (Phi) is 1.84. The number of aromatic nitrogens is 1. The molecule has 68 valence electrons. The van der Waals surface area contributed by atoms with Crippen LogP contribution in [0.25, 0.3) is 10.2 Å². The Morgan fingerprint density at radius 3 is 2.85 bits per heavy atom. The third kappa shape index (κ3) is 1.23. The van der Waals surface area contributed by atoms with Gasteiger partial charge in [0.1, 0.15) is 0 Å². The summed E-state index contributed by atoms with van der Waals surface area (Å²) in [5, 5.41) is 3.64. The quantitative estimate of drug-likeness (QED) is 0.485. The van der Waals surface area contributed by atoms with Gasteiger partial charge in [0.15, 0.2) is 0 Å². The molecule has 0 saturated carbocycles. The summed E-state index contributed by atoms with van der Waals surface area (Å²) in [6.07, 6.45) is 0. The van der Waals surface area contributed by atoms with Crippen molar-refractivity contribution in [3.05, 3.63) is 28.1 Å². The van der Waals surface area contributed by atoms with Crippen molar-refractivity contribution in [2.45, 2.75) is 13.8 Å². The van der Waals surface area contributed by atoms with Gasteiger partial charge in [0, 0.05) is 0 Å². The van der Waals surface area contributed by atoms with Crippen molar-refractivity contribution < 1.29 is 0 Å². The minimum absolute atomic E-state index is 0.767. The lowest BCUT2D eigenvalue weighted by atomic mass is 10.1. The second kappa shape index (κ2) is 2.88. The van der Waals surface area contributed by atoms with E-state index in [4.69, 9.17) is 5.84 Å². The maximum atomic E-state index is 5.21. The molecular formula is C9H11N3S. The standard InChI is InChI=1S/C9H11N3S/c1-5-3-4-7-8(6(5)2)13-9(11-7)12-10/h3-4H,10H2,1-2H3,(H,11,12). The van der Waals surface area contributed by atoms with E-state index in [-0.39, 0.29) is 0 Å². The molecule has 0 bridgehead atoms. The summed E-state index contributed by atoms with van der Waals surface area (Å²) >= 11 is 1.59. The zero-order chi connectivity index (χ0) is 9.42. The van der Waals surface area contributed by atoms with Gasteiger partial charge in [0.05, 0.1) is 10.2 Å². The molecule has 0 saturated heterocycles. The molecule has 1 heterocycles. The molecule has 0 fully saturated rings. The van der Waals surface area contributed by atoms with Crippen LogP contribution in [0.4, 0.5) is 0 Å². The average Bonchev–Trinajstić information content (AvgIpc) is 2.55. The van der Waals surface area contributed by atoms with Crippen LogP contribution in [0.2, 0.25) is 0 Å². The van der Waals surface area contributed by atoms with Crippen LogP contribution in [-0.2, 0) is 0 Å². The Hall–Kier alpha value is -1.29. The second-order valence-corrected chi connectivity index (χ2v) is 4.04. The zero-order valence-electron chi connectivity index (χ0n) is 7.59. The Labute approximate surface area is 79.9 Å². The van der Waals surface area contributed by atoms with Crippen LogP contribution in [0.3, 0.4) is 0 Å². The van der Waals surface area contributed by atoms with Crippen molar-refractivity contribution >= 4 is 21.6 Å². The Bertz CT molecular complexity index is 507. The number of fused-ring (bicyclic) bond motifs is 1. The molecule has 3 nitrogen and oxygen atoms in total. The summed E-state index contributed by atoms with van der Waals surface area (Å²) < 4.78 is 1.24. The summed E-state index contributed by atoms with van der Waals surface area (Å²) in [7, 11) is 0. The van der Waals surface area contributed by atoms with E-state index in [1.807, 2.05) is 0 Å². The van der Waals surface area contributed by atoms with Crippen LogP contribution in [0.15, 0.2) is 17.2 Å². The molecule has 0 aliphatic carbocycles. The Morgan fingerprint density at radius 2 is 2.15 bits per heavy atom. The number of nitrogens with one attached hydrogen (secondary N) is 1. The first-order chi connectivity index (χ1) is 6.22. The average molecular weight is 193 g/mol. The van der Waals surface area contributed by atoms with Crippen LogP contribution >= 0.6 is 11.3 Å². The molecule has 0 amide bonds. The number of rotatable bonds is 0. The molecule has 0 aliphatic rings. The smallest absolute Gasteiger partial charge is 0.205 e. The minimum atomic E-state index is 0.767. The van der Waals surface area contributed by atoms with Crippen LogP contribution < -0.4 is 10.6 Å². The zero-order valence-corrected chi connectivity index (χ0v) is 8.40. The van der Waals surface area contributed by atoms with E-state index in [1.54, 1.807) is 11.3 Å². The predicted molar refractivity (Wildman–Crippen MR) is 55.4 cm³/mol. The normalized spacial score (nSPS) is 12.6. The van der Waals surface area contributed by atoms with Gasteiger partial charge in [-0.25, -0.2) is 0 Å². The molecule has 2 rings (SSSR count). The van der Waals surface area contributed by atoms with Crippen LogP contribution in [0, 0.1) is 13.8 Å². The molecule has 1 aromatic heterocycles. The van der Waals surface area contributed by atoms with Crippen LogP contribution in [0.5, 0.6) is 0 Å². The van der Waals surface area contributed by atoms with Crippen LogP contribution in [-0.4, -0.2) is 4.98 Å². The number of nitrogens with zero attached hydrogens (tertiary/aromatic N) is 1. The first kappa shape index (κ1) is 8.31. The number of nitrogens with two attached hydrogens (primary N) is 1. The molecule has 13 heavy (non-hydrogen) atoms. The fraction of sp³-hybridized carbons (Fsp3) is 0.222. The van der Waals surface area contributed by atoms with E-state index in [0.29, 0.717) is 0 Å². The highest BCUT2D eigenvalue weighted by Crippen LogP contribution is 2.21. The van der Waals surface area contributed by atoms with Gasteiger partial charge in [0.2, 0.25) is 4.80 Å². The topological polar surface area (TPSA) is 54.2 Å². The number of thiazole rings is 1. The van der Waals surface area contributed by atoms with E-state index in [9.17, 15) is 0 Å². The fourth-order valence-corrected chi connectivity index (χ4v) is 2.27. The first-order valence-corrected chi connectivity index (χ1v) is 4.87. The molecule has 0 unspecified atom stereocenters. The lowest BCUT2D eigenvalue weighted by molar-refractivity contribution is 1.11. The van der Waals surface area contributed by atoms with Gasteiger partial charge in [0.25, 0.3) is 0 Å². The lowest BCUT2D eigenvalue weighted by Gasteiger charge is -1.98. The van der Waals surface area contributed by atoms with Gasteiger partial charge < -0.3 is 10.8 Å². The number of hydrogen-bond donors (Lipinski definition) is 2. The van der Waals surface area contributed by atoms with Gasteiger partial charge in [-0.2, -0.15) is 5.10 Å². The van der Waals surface area contributed by atoms with Crippen molar-refractivity contribution in [1.82, 2.24) is 4.98 Å². The van der Waals surface area contributed by atoms with E-state index < -0.39 is 0 Å². The number of hydrogen-bond acceptors (Lipinski definition) is 3. The van der Waals surface area contributed by atoms with Crippen molar-refractivity contribution in [2.24, 2.45) is 10.9 Å². The highest BCUT2D eigenvalue weighted by Gasteiger charge is 2.02. The van der Waals surface area contributed by atoms with Crippen molar-refractivity contribution in [3.8, 4) is 0 Å². The highest BCUT2D eigenvalue weighted by atomic mass is 32.1. The van der Waals surface area contributed by atoms with Crippen LogP contribution in [0.1, 0.15) is 11.1 Å². The lowest BCUT2D eigenvalue weighted by Crippen LogP contribution is -2.00. The molecule has 2 aromatic rings. The number of benzene rings is 1. The second-order valence-electron chi connectivity index (χ2n) is 3.05. The van der Waals surface area contributed by atoms with Gasteiger partial charge in [-0.05, 0) is 31.0 Å². The summed E-state index contributed by atoms with van der Waals surface area (Å²) in [5.41, 5.74) is 3.71. The Morgan fingerprint density at radius 1 is 1.38 bits per heavy atom. The van der Waals surface area contributed by atoms with Crippen molar-refractivity contribution in [2.75, 3.05) is 0 Å². The molecule has 0 atom stereocenters. The van der Waals surface area contributed by atoms with E-state index in [1.165, 1.54) is 15.8 Å². The summed E-state index contributed by atoms with van der Waals surface area (Å²) in [6, 6.07) is 4.16. The summed E-state index contributed by atoms with van der Waals surface area (Å²) in [6.45, 7) is 4.22. The molecular weight excluding hydrogens is 182 g/mol. The van der Waals surface area contributed by atoms with Crippen molar-refractivity contribution in [3.63, 3.8) is 0 Å². The maximum absolute atomic E-state index is 5.21. The van der Waals surface area contributed by atoms with Gasteiger partial charge in [-0.1, -0.05) is 17.4 Å². The van der Waals surface area contributed by atoms with E-state index in [0.717, 1.165) is 10.3 Å². The Balaban J connectivity index is 2.92. The molecule has 3 N–H and O–H groups in total. The maximum Gasteiger partial charge on any atom is 0.205 e.